The van der Waals surface area contributed by atoms with Crippen LogP contribution in [0.1, 0.15) is 11.3 Å². The highest BCUT2D eigenvalue weighted by molar-refractivity contribution is 5.89. The number of benzene rings is 1. The first-order valence-electron chi connectivity index (χ1n) is 6.07. The maximum absolute atomic E-state index is 13.6. The van der Waals surface area contributed by atoms with E-state index in [1.54, 1.807) is 23.6 Å². The number of carbonyl (C=O) groups is 1. The van der Waals surface area contributed by atoms with E-state index in [1.165, 1.54) is 6.07 Å². The third-order valence-electron chi connectivity index (χ3n) is 2.88. The molecule has 1 heterocycles. The summed E-state index contributed by atoms with van der Waals surface area (Å²) in [6.07, 6.45) is 1.82. The first-order chi connectivity index (χ1) is 9.06. The average Bonchev–Trinajstić information content (AvgIpc) is 2.36. The van der Waals surface area contributed by atoms with Crippen LogP contribution in [0.3, 0.4) is 0 Å². The van der Waals surface area contributed by atoms with Crippen molar-refractivity contribution < 1.29 is 13.8 Å². The number of nitrogens with one attached hydrogen (secondary N) is 1. The Balaban J connectivity index is 2.08. The molecule has 0 fully saturated rings. The highest BCUT2D eigenvalue weighted by Gasteiger charge is 2.13. The molecule has 0 unspecified atom stereocenters. The molecule has 1 aromatic carbocycles. The summed E-state index contributed by atoms with van der Waals surface area (Å²) in [5.74, 6) is -0.662. The van der Waals surface area contributed by atoms with Crippen LogP contribution in [-0.4, -0.2) is 5.91 Å². The van der Waals surface area contributed by atoms with Crippen molar-refractivity contribution in [3.63, 3.8) is 0 Å². The maximum Gasteiger partial charge on any atom is 0.290 e. The van der Waals surface area contributed by atoms with E-state index in [0.717, 1.165) is 11.3 Å². The van der Waals surface area contributed by atoms with Crippen molar-refractivity contribution in [1.29, 1.82) is 0 Å². The van der Waals surface area contributed by atoms with Gasteiger partial charge in [-0.05, 0) is 24.6 Å². The smallest absolute Gasteiger partial charge is 0.290 e. The zero-order valence-electron chi connectivity index (χ0n) is 11.0. The highest BCUT2D eigenvalue weighted by Crippen LogP contribution is 2.14. The number of amides is 1. The van der Waals surface area contributed by atoms with Gasteiger partial charge in [0.1, 0.15) is 5.82 Å². The van der Waals surface area contributed by atoms with E-state index in [0.29, 0.717) is 0 Å². The molecule has 0 aliphatic rings. The first kappa shape index (κ1) is 13.2. The van der Waals surface area contributed by atoms with Gasteiger partial charge in [-0.1, -0.05) is 12.1 Å². The highest BCUT2D eigenvalue weighted by atomic mass is 19.1. The van der Waals surface area contributed by atoms with Crippen LogP contribution in [0.15, 0.2) is 42.6 Å². The number of hydrogen-bond donors (Lipinski definition) is 1. The summed E-state index contributed by atoms with van der Waals surface area (Å²) in [5, 5.41) is 2.58. The van der Waals surface area contributed by atoms with Crippen LogP contribution in [0.4, 0.5) is 10.1 Å². The van der Waals surface area contributed by atoms with Crippen molar-refractivity contribution >= 4 is 11.6 Å². The number of aromatic nitrogens is 1. The number of anilines is 1. The van der Waals surface area contributed by atoms with Crippen LogP contribution in [0.2, 0.25) is 0 Å². The predicted octanol–water partition coefficient (Wildman–Crippen LogP) is 2.37. The second kappa shape index (κ2) is 5.61. The lowest BCUT2D eigenvalue weighted by Crippen LogP contribution is -2.42. The van der Waals surface area contributed by atoms with Gasteiger partial charge in [-0.2, -0.15) is 4.57 Å². The Hall–Kier alpha value is -2.23. The summed E-state index contributed by atoms with van der Waals surface area (Å²) in [4.78, 5) is 11.9. The van der Waals surface area contributed by atoms with E-state index >= 15 is 0 Å². The lowest BCUT2D eigenvalue weighted by Gasteiger charge is -2.06. The monoisotopic (exact) mass is 259 g/mol. The van der Waals surface area contributed by atoms with Gasteiger partial charge in [-0.25, -0.2) is 4.39 Å². The molecule has 0 atom stereocenters. The number of halogens is 1. The molecule has 1 N–H and O–H groups in total. The summed E-state index contributed by atoms with van der Waals surface area (Å²) in [5.41, 5.74) is 2.01. The second-order valence-corrected chi connectivity index (χ2v) is 4.50. The number of carbonyl (C=O) groups excluding carboxylic acids is 1. The van der Waals surface area contributed by atoms with Gasteiger partial charge in [0.15, 0.2) is 11.9 Å². The number of rotatable bonds is 3. The van der Waals surface area contributed by atoms with Crippen molar-refractivity contribution in [1.82, 2.24) is 0 Å². The van der Waals surface area contributed by atoms with E-state index in [4.69, 9.17) is 0 Å². The second-order valence-electron chi connectivity index (χ2n) is 4.50. The summed E-state index contributed by atoms with van der Waals surface area (Å²) in [6, 6.07) is 10.4. The van der Waals surface area contributed by atoms with Gasteiger partial charge in [-0.15, -0.1) is 0 Å². The summed E-state index contributed by atoms with van der Waals surface area (Å²) in [7, 11) is 0. The molecule has 98 valence electrons. The molecule has 4 heteroatoms. The van der Waals surface area contributed by atoms with Crippen molar-refractivity contribution in [3.05, 3.63) is 59.7 Å². The predicted molar refractivity (Wildman–Crippen MR) is 71.1 cm³/mol. The zero-order chi connectivity index (χ0) is 13.8. The quantitative estimate of drug-likeness (QED) is 0.843. The molecule has 0 aliphatic carbocycles. The molecule has 0 bridgehead atoms. The first-order valence-corrected chi connectivity index (χ1v) is 6.07. The normalized spacial score (nSPS) is 10.3. The van der Waals surface area contributed by atoms with E-state index < -0.39 is 5.82 Å². The molecule has 1 amide bonds. The molecule has 19 heavy (non-hydrogen) atoms. The van der Waals surface area contributed by atoms with Crippen molar-refractivity contribution in [3.8, 4) is 0 Å². The van der Waals surface area contributed by atoms with Crippen molar-refractivity contribution in [2.24, 2.45) is 0 Å². The molecule has 2 rings (SSSR count). The molecule has 3 nitrogen and oxygen atoms in total. The van der Waals surface area contributed by atoms with Crippen LogP contribution in [0, 0.1) is 19.7 Å². The zero-order valence-corrected chi connectivity index (χ0v) is 11.0. The van der Waals surface area contributed by atoms with Crippen molar-refractivity contribution in [2.75, 3.05) is 5.32 Å². The fourth-order valence-electron chi connectivity index (χ4n) is 1.81. The maximum atomic E-state index is 13.6. The van der Waals surface area contributed by atoms with Crippen molar-refractivity contribution in [2.45, 2.75) is 20.4 Å². The fraction of sp³-hybridized carbons (Fsp3) is 0.200. The molecule has 2 aromatic rings. The molecule has 1 aromatic heterocycles. The van der Waals surface area contributed by atoms with E-state index in [-0.39, 0.29) is 18.1 Å². The topological polar surface area (TPSA) is 33.0 Å². The minimum absolute atomic E-state index is 0.167. The largest absolute Gasteiger partial charge is 0.318 e. The molecule has 0 spiro atoms. The third kappa shape index (κ3) is 3.37. The Morgan fingerprint density at radius 2 is 2.05 bits per heavy atom. The Kier molecular flexibility index (Phi) is 3.90. The summed E-state index contributed by atoms with van der Waals surface area (Å²) >= 11 is 0. The Bertz CT molecular complexity index is 611. The number of pyridine rings is 1. The lowest BCUT2D eigenvalue weighted by atomic mass is 10.2. The minimum Gasteiger partial charge on any atom is -0.318 e. The SMILES string of the molecule is Cc1ccc(NC(=O)C[n+]2ccccc2C)c(F)c1. The fourth-order valence-corrected chi connectivity index (χ4v) is 1.81. The molecule has 0 saturated carbocycles. The average molecular weight is 259 g/mol. The van der Waals surface area contributed by atoms with Gasteiger partial charge in [0.05, 0.1) is 5.69 Å². The third-order valence-corrected chi connectivity index (χ3v) is 2.88. The van der Waals surface area contributed by atoms with Gasteiger partial charge in [-0.3, -0.25) is 4.79 Å². The van der Waals surface area contributed by atoms with E-state index in [1.807, 2.05) is 31.3 Å². The van der Waals surface area contributed by atoms with Gasteiger partial charge in [0.25, 0.3) is 5.91 Å². The molecule has 0 aliphatic heterocycles. The summed E-state index contributed by atoms with van der Waals surface area (Å²) in [6.45, 7) is 3.89. The van der Waals surface area contributed by atoms with Gasteiger partial charge in [0.2, 0.25) is 6.54 Å². The van der Waals surface area contributed by atoms with Crippen LogP contribution in [-0.2, 0) is 11.3 Å². The standard InChI is InChI=1S/C15H15FN2O/c1-11-6-7-14(13(16)9-11)17-15(19)10-18-8-4-3-5-12(18)2/h3-9H,10H2,1-2H3/p+1. The Morgan fingerprint density at radius 3 is 2.74 bits per heavy atom. The molecular weight excluding hydrogens is 243 g/mol. The molecule has 0 saturated heterocycles. The van der Waals surface area contributed by atoms with Gasteiger partial charge < -0.3 is 5.32 Å². The van der Waals surface area contributed by atoms with E-state index in [2.05, 4.69) is 5.32 Å². The molecule has 0 radical (unpaired) electrons. The van der Waals surface area contributed by atoms with Crippen LogP contribution in [0.25, 0.3) is 0 Å². The lowest BCUT2D eigenvalue weighted by molar-refractivity contribution is -0.690. The van der Waals surface area contributed by atoms with Crippen LogP contribution < -0.4 is 9.88 Å². The minimum atomic E-state index is -0.414. The number of nitrogens with zero attached hydrogens (tertiary/aromatic N) is 1. The van der Waals surface area contributed by atoms with Gasteiger partial charge >= 0.3 is 0 Å². The summed E-state index contributed by atoms with van der Waals surface area (Å²) < 4.78 is 15.4. The van der Waals surface area contributed by atoms with Crippen LogP contribution in [0.5, 0.6) is 0 Å². The molecular formula is C15H16FN2O+. The Morgan fingerprint density at radius 1 is 1.26 bits per heavy atom. The number of hydrogen-bond acceptors (Lipinski definition) is 1. The van der Waals surface area contributed by atoms with Crippen LogP contribution >= 0.6 is 0 Å². The Labute approximate surface area is 111 Å². The van der Waals surface area contributed by atoms with Gasteiger partial charge in [0, 0.05) is 19.1 Å². The van der Waals surface area contributed by atoms with E-state index in [9.17, 15) is 9.18 Å². The number of aryl methyl sites for hydroxylation is 2.